The Morgan fingerprint density at radius 1 is 1.42 bits per heavy atom. The smallest absolute Gasteiger partial charge is 0.291 e. The highest BCUT2D eigenvalue weighted by atomic mass is 16.3. The summed E-state index contributed by atoms with van der Waals surface area (Å²) >= 11 is 0. The number of aromatic amines is 1. The number of nitrogens with one attached hydrogen (secondary N) is 2. The number of nitrogens with zero attached hydrogens (tertiary/aromatic N) is 2. The molecule has 6 heteroatoms. The van der Waals surface area contributed by atoms with Gasteiger partial charge in [0.15, 0.2) is 5.69 Å². The number of benzene rings is 1. The molecule has 0 radical (unpaired) electrons. The largest absolute Gasteiger partial charge is 0.508 e. The molecule has 0 fully saturated rings. The number of amides is 1. The van der Waals surface area contributed by atoms with Gasteiger partial charge in [0.05, 0.1) is 5.71 Å². The average Bonchev–Trinajstić information content (AvgIpc) is 2.82. The molecule has 0 aliphatic heterocycles. The lowest BCUT2D eigenvalue weighted by Gasteiger charge is -2.02. The maximum atomic E-state index is 11.7. The molecule has 2 aromatic rings. The number of carbonyl (C=O) groups is 1. The van der Waals surface area contributed by atoms with Crippen molar-refractivity contribution >= 4 is 11.6 Å². The van der Waals surface area contributed by atoms with Crippen molar-refractivity contribution in [2.24, 2.45) is 5.10 Å². The Morgan fingerprint density at radius 3 is 2.84 bits per heavy atom. The standard InChI is InChI=1S/C13H14N4O2/c1-8-6-12(16-14-8)13(19)17-15-9(2)10-4-3-5-11(18)7-10/h3-7,18H,1-2H3,(H,14,16)(H,17,19)/b15-9+. The van der Waals surface area contributed by atoms with E-state index in [0.717, 1.165) is 11.3 Å². The number of aryl methyl sites for hydroxylation is 1. The van der Waals surface area contributed by atoms with Crippen LogP contribution < -0.4 is 5.43 Å². The third kappa shape index (κ3) is 3.19. The molecule has 0 saturated heterocycles. The van der Waals surface area contributed by atoms with Crippen molar-refractivity contribution in [2.75, 3.05) is 0 Å². The molecule has 1 aromatic heterocycles. The van der Waals surface area contributed by atoms with Gasteiger partial charge in [-0.05, 0) is 32.0 Å². The first kappa shape index (κ1) is 12.8. The summed E-state index contributed by atoms with van der Waals surface area (Å²) in [6.07, 6.45) is 0. The van der Waals surface area contributed by atoms with Gasteiger partial charge in [0.2, 0.25) is 0 Å². The monoisotopic (exact) mass is 258 g/mol. The summed E-state index contributed by atoms with van der Waals surface area (Å²) in [6, 6.07) is 8.28. The fourth-order valence-corrected chi connectivity index (χ4v) is 1.52. The highest BCUT2D eigenvalue weighted by Crippen LogP contribution is 2.11. The number of hydrogen-bond donors (Lipinski definition) is 3. The van der Waals surface area contributed by atoms with E-state index in [1.54, 1.807) is 37.3 Å². The Kier molecular flexibility index (Phi) is 3.61. The van der Waals surface area contributed by atoms with Gasteiger partial charge in [-0.25, -0.2) is 5.43 Å². The van der Waals surface area contributed by atoms with Gasteiger partial charge in [0, 0.05) is 11.3 Å². The molecular weight excluding hydrogens is 244 g/mol. The molecule has 0 aliphatic rings. The van der Waals surface area contributed by atoms with Gasteiger partial charge >= 0.3 is 0 Å². The second kappa shape index (κ2) is 5.34. The first-order chi connectivity index (χ1) is 9.06. The van der Waals surface area contributed by atoms with E-state index in [2.05, 4.69) is 20.7 Å². The van der Waals surface area contributed by atoms with Crippen LogP contribution in [-0.4, -0.2) is 26.9 Å². The summed E-state index contributed by atoms with van der Waals surface area (Å²) in [4.78, 5) is 11.7. The quantitative estimate of drug-likeness (QED) is 0.576. The molecule has 0 bridgehead atoms. The van der Waals surface area contributed by atoms with E-state index in [1.165, 1.54) is 0 Å². The van der Waals surface area contributed by atoms with Gasteiger partial charge in [0.1, 0.15) is 5.75 Å². The van der Waals surface area contributed by atoms with Gasteiger partial charge in [0.25, 0.3) is 5.91 Å². The van der Waals surface area contributed by atoms with Crippen LogP contribution in [0.2, 0.25) is 0 Å². The maximum absolute atomic E-state index is 11.7. The van der Waals surface area contributed by atoms with Gasteiger partial charge in [-0.15, -0.1) is 0 Å². The maximum Gasteiger partial charge on any atom is 0.291 e. The molecule has 0 spiro atoms. The van der Waals surface area contributed by atoms with Crippen molar-refractivity contribution in [3.63, 3.8) is 0 Å². The van der Waals surface area contributed by atoms with E-state index in [1.807, 2.05) is 6.92 Å². The predicted molar refractivity (Wildman–Crippen MR) is 71.1 cm³/mol. The number of aromatic nitrogens is 2. The van der Waals surface area contributed by atoms with Gasteiger partial charge in [-0.2, -0.15) is 10.2 Å². The highest BCUT2D eigenvalue weighted by molar-refractivity contribution is 6.00. The predicted octanol–water partition coefficient (Wildman–Crippen LogP) is 1.58. The van der Waals surface area contributed by atoms with E-state index in [4.69, 9.17) is 0 Å². The number of hydrogen-bond acceptors (Lipinski definition) is 4. The van der Waals surface area contributed by atoms with E-state index in [9.17, 15) is 9.90 Å². The summed E-state index contributed by atoms with van der Waals surface area (Å²) in [5.41, 5.74) is 4.83. The Bertz CT molecular complexity index is 631. The lowest BCUT2D eigenvalue weighted by molar-refractivity contribution is 0.0950. The molecule has 0 aliphatic carbocycles. The number of phenolic OH excluding ortho intramolecular Hbond substituents is 1. The van der Waals surface area contributed by atoms with Crippen LogP contribution in [0.5, 0.6) is 5.75 Å². The van der Waals surface area contributed by atoms with Crippen LogP contribution in [0.4, 0.5) is 0 Å². The van der Waals surface area contributed by atoms with Crippen LogP contribution in [0.25, 0.3) is 0 Å². The lowest BCUT2D eigenvalue weighted by atomic mass is 10.1. The van der Waals surface area contributed by atoms with Crippen LogP contribution >= 0.6 is 0 Å². The first-order valence-electron chi connectivity index (χ1n) is 5.72. The van der Waals surface area contributed by atoms with E-state index in [0.29, 0.717) is 5.71 Å². The number of aromatic hydroxyl groups is 1. The summed E-state index contributed by atoms with van der Waals surface area (Å²) < 4.78 is 0. The Morgan fingerprint density at radius 2 is 2.21 bits per heavy atom. The van der Waals surface area contributed by atoms with Crippen molar-refractivity contribution in [1.82, 2.24) is 15.6 Å². The van der Waals surface area contributed by atoms with Crippen molar-refractivity contribution in [3.05, 3.63) is 47.3 Å². The molecule has 19 heavy (non-hydrogen) atoms. The SMILES string of the molecule is C/C(=N\NC(=O)c1cc(C)[nH]n1)c1cccc(O)c1. The summed E-state index contributed by atoms with van der Waals surface area (Å²) in [6.45, 7) is 3.55. The Balaban J connectivity index is 2.08. The molecule has 0 saturated carbocycles. The van der Waals surface area contributed by atoms with Crippen LogP contribution in [0, 0.1) is 6.92 Å². The average molecular weight is 258 g/mol. The molecule has 98 valence electrons. The van der Waals surface area contributed by atoms with E-state index >= 15 is 0 Å². The van der Waals surface area contributed by atoms with Crippen LogP contribution in [0.15, 0.2) is 35.4 Å². The Hall–Kier alpha value is -2.63. The van der Waals surface area contributed by atoms with E-state index in [-0.39, 0.29) is 17.4 Å². The number of hydrazone groups is 1. The molecule has 1 heterocycles. The van der Waals surface area contributed by atoms with Crippen molar-refractivity contribution in [3.8, 4) is 5.75 Å². The summed E-state index contributed by atoms with van der Waals surface area (Å²) in [5.74, 6) is -0.231. The number of rotatable bonds is 3. The topological polar surface area (TPSA) is 90.4 Å². The molecule has 1 aromatic carbocycles. The minimum atomic E-state index is -0.385. The zero-order chi connectivity index (χ0) is 13.8. The third-order valence-corrected chi connectivity index (χ3v) is 2.53. The number of carbonyl (C=O) groups excluding carboxylic acids is 1. The normalized spacial score (nSPS) is 11.4. The fourth-order valence-electron chi connectivity index (χ4n) is 1.52. The molecule has 1 amide bonds. The summed E-state index contributed by atoms with van der Waals surface area (Å²) in [5, 5.41) is 19.9. The lowest BCUT2D eigenvalue weighted by Crippen LogP contribution is -2.19. The van der Waals surface area contributed by atoms with Gasteiger partial charge < -0.3 is 5.11 Å². The van der Waals surface area contributed by atoms with Gasteiger partial charge in [-0.1, -0.05) is 12.1 Å². The highest BCUT2D eigenvalue weighted by Gasteiger charge is 2.08. The molecule has 0 atom stereocenters. The van der Waals surface area contributed by atoms with Gasteiger partial charge in [-0.3, -0.25) is 9.89 Å². The first-order valence-corrected chi connectivity index (χ1v) is 5.72. The minimum Gasteiger partial charge on any atom is -0.508 e. The second-order valence-corrected chi connectivity index (χ2v) is 4.12. The molecule has 6 nitrogen and oxygen atoms in total. The van der Waals surface area contributed by atoms with Crippen LogP contribution in [0.3, 0.4) is 0 Å². The third-order valence-electron chi connectivity index (χ3n) is 2.53. The van der Waals surface area contributed by atoms with Crippen molar-refractivity contribution < 1.29 is 9.90 Å². The number of phenols is 1. The van der Waals surface area contributed by atoms with Crippen LogP contribution in [-0.2, 0) is 0 Å². The fraction of sp³-hybridized carbons (Fsp3) is 0.154. The van der Waals surface area contributed by atoms with Crippen LogP contribution in [0.1, 0.15) is 28.7 Å². The zero-order valence-electron chi connectivity index (χ0n) is 10.6. The zero-order valence-corrected chi connectivity index (χ0v) is 10.6. The minimum absolute atomic E-state index is 0.154. The molecular formula is C13H14N4O2. The molecule has 3 N–H and O–H groups in total. The molecule has 0 unspecified atom stereocenters. The number of H-pyrrole nitrogens is 1. The Labute approximate surface area is 110 Å². The molecule has 2 rings (SSSR count). The van der Waals surface area contributed by atoms with E-state index < -0.39 is 0 Å². The second-order valence-electron chi connectivity index (χ2n) is 4.12. The van der Waals surface area contributed by atoms with Crippen molar-refractivity contribution in [2.45, 2.75) is 13.8 Å². The summed E-state index contributed by atoms with van der Waals surface area (Å²) in [7, 11) is 0. The van der Waals surface area contributed by atoms with Crippen molar-refractivity contribution in [1.29, 1.82) is 0 Å².